The van der Waals surface area contributed by atoms with Crippen molar-refractivity contribution < 1.29 is 0 Å². The van der Waals surface area contributed by atoms with E-state index in [1.54, 1.807) is 0 Å². The van der Waals surface area contributed by atoms with Gasteiger partial charge in [-0.3, -0.25) is 0 Å². The summed E-state index contributed by atoms with van der Waals surface area (Å²) in [5.74, 6) is 0. The van der Waals surface area contributed by atoms with Gasteiger partial charge in [-0.05, 0) is 91.7 Å². The van der Waals surface area contributed by atoms with Crippen molar-refractivity contribution in [2.45, 2.75) is 44.7 Å². The standard InChI is InChI=1S/C53H45NSSi2/c1-56(2,3)37-29-25-35(26-30-37)54(36-27-31-38(32-28-36)57(4,5)6)47-33-46-50(51-41-19-9-12-24-48(41)55-52(47)51)42-20-13-15-34-16-14-23-45(49(34)42)53(46)43-21-10-7-17-39(43)40-18-8-11-22-44(40)53/h7-33H,1-6H3. The van der Waals surface area contributed by atoms with Crippen LogP contribution < -0.4 is 15.3 Å². The van der Waals surface area contributed by atoms with Gasteiger partial charge in [0.2, 0.25) is 0 Å². The molecule has 11 rings (SSSR count). The number of thiophene rings is 1. The molecule has 2 aliphatic carbocycles. The van der Waals surface area contributed by atoms with E-state index in [4.69, 9.17) is 0 Å². The molecule has 4 heteroatoms. The fourth-order valence-corrected chi connectivity index (χ4v) is 13.6. The van der Waals surface area contributed by atoms with Gasteiger partial charge in [0.15, 0.2) is 0 Å². The van der Waals surface area contributed by atoms with E-state index in [0.29, 0.717) is 0 Å². The van der Waals surface area contributed by atoms with E-state index in [2.05, 4.69) is 208 Å². The quantitative estimate of drug-likeness (QED) is 0.157. The number of benzene rings is 8. The van der Waals surface area contributed by atoms with Gasteiger partial charge in [0.1, 0.15) is 0 Å². The molecule has 8 aromatic carbocycles. The van der Waals surface area contributed by atoms with Crippen LogP contribution in [0.25, 0.3) is 53.2 Å². The average molecular weight is 784 g/mol. The smallest absolute Gasteiger partial charge is 0.0775 e. The third kappa shape index (κ3) is 4.91. The first kappa shape index (κ1) is 34.7. The summed E-state index contributed by atoms with van der Waals surface area (Å²) in [6, 6.07) is 63.2. The van der Waals surface area contributed by atoms with E-state index < -0.39 is 21.6 Å². The molecular formula is C53H45NSSi2. The van der Waals surface area contributed by atoms with Gasteiger partial charge in [-0.25, -0.2) is 0 Å². The van der Waals surface area contributed by atoms with Crippen molar-refractivity contribution in [3.63, 3.8) is 0 Å². The summed E-state index contributed by atoms with van der Waals surface area (Å²) in [5.41, 5.74) is 13.9. The van der Waals surface area contributed by atoms with Gasteiger partial charge in [0.05, 0.1) is 32.0 Å². The first-order valence-electron chi connectivity index (χ1n) is 20.3. The van der Waals surface area contributed by atoms with E-state index in [1.165, 1.54) is 103 Å². The van der Waals surface area contributed by atoms with Crippen LogP contribution in [0.4, 0.5) is 17.1 Å². The molecule has 0 atom stereocenters. The molecule has 57 heavy (non-hydrogen) atoms. The maximum Gasteiger partial charge on any atom is 0.0775 e. The molecule has 2 aliphatic rings. The molecule has 1 nitrogen and oxygen atoms in total. The highest BCUT2D eigenvalue weighted by atomic mass is 32.1. The van der Waals surface area contributed by atoms with E-state index in [9.17, 15) is 0 Å². The molecule has 0 N–H and O–H groups in total. The predicted molar refractivity (Wildman–Crippen MR) is 254 cm³/mol. The molecule has 0 unspecified atom stereocenters. The Morgan fingerprint density at radius 2 is 0.965 bits per heavy atom. The van der Waals surface area contributed by atoms with Crippen molar-refractivity contribution in [3.05, 3.63) is 186 Å². The lowest BCUT2D eigenvalue weighted by Gasteiger charge is -2.41. The highest BCUT2D eigenvalue weighted by molar-refractivity contribution is 7.26. The zero-order chi connectivity index (χ0) is 38.8. The van der Waals surface area contributed by atoms with Gasteiger partial charge < -0.3 is 4.90 Å². The van der Waals surface area contributed by atoms with Gasteiger partial charge in [-0.1, -0.05) is 177 Å². The molecule has 0 saturated heterocycles. The third-order valence-electron chi connectivity index (χ3n) is 12.8. The molecule has 0 saturated carbocycles. The molecule has 276 valence electrons. The first-order valence-corrected chi connectivity index (χ1v) is 28.1. The van der Waals surface area contributed by atoms with Crippen LogP contribution in [0.15, 0.2) is 164 Å². The van der Waals surface area contributed by atoms with Crippen LogP contribution in [-0.2, 0) is 5.41 Å². The Balaban J connectivity index is 1.34. The summed E-state index contributed by atoms with van der Waals surface area (Å²) in [5, 5.41) is 8.28. The number of anilines is 3. The molecule has 1 spiro atoms. The lowest BCUT2D eigenvalue weighted by Crippen LogP contribution is -2.37. The monoisotopic (exact) mass is 783 g/mol. The number of nitrogens with zero attached hydrogens (tertiary/aromatic N) is 1. The fraction of sp³-hybridized carbons (Fsp3) is 0.132. The molecule has 0 fully saturated rings. The zero-order valence-electron chi connectivity index (χ0n) is 33.4. The van der Waals surface area contributed by atoms with E-state index >= 15 is 0 Å². The number of hydrogen-bond acceptors (Lipinski definition) is 2. The van der Waals surface area contributed by atoms with Crippen molar-refractivity contribution in [3.8, 4) is 22.3 Å². The van der Waals surface area contributed by atoms with E-state index in [0.717, 1.165) is 0 Å². The van der Waals surface area contributed by atoms with Crippen molar-refractivity contribution in [2.75, 3.05) is 4.90 Å². The summed E-state index contributed by atoms with van der Waals surface area (Å²) in [4.78, 5) is 2.57. The van der Waals surface area contributed by atoms with E-state index in [1.807, 2.05) is 11.3 Å². The summed E-state index contributed by atoms with van der Waals surface area (Å²) in [6.45, 7) is 14.6. The summed E-state index contributed by atoms with van der Waals surface area (Å²) < 4.78 is 2.64. The number of fused-ring (bicyclic) bond motifs is 13. The van der Waals surface area contributed by atoms with Gasteiger partial charge in [-0.15, -0.1) is 11.3 Å². The summed E-state index contributed by atoms with van der Waals surface area (Å²) in [6.07, 6.45) is 0. The maximum atomic E-state index is 2.61. The van der Waals surface area contributed by atoms with Crippen LogP contribution in [0.2, 0.25) is 39.3 Å². The minimum atomic E-state index is -1.52. The Morgan fingerprint density at radius 3 is 1.56 bits per heavy atom. The van der Waals surface area contributed by atoms with Crippen molar-refractivity contribution >= 4 is 85.9 Å². The molecule has 1 aromatic heterocycles. The van der Waals surface area contributed by atoms with Gasteiger partial charge >= 0.3 is 0 Å². The zero-order valence-corrected chi connectivity index (χ0v) is 36.3. The SMILES string of the molecule is C[Si](C)(C)c1ccc(N(c2ccc([Si](C)(C)C)cc2)c2cc3c(c4c2sc2ccccc24)-c2cccc4cccc(c24)C32c3ccccc3-c3ccccc32)cc1. The second-order valence-electron chi connectivity index (χ2n) is 18.1. The molecule has 0 aliphatic heterocycles. The van der Waals surface area contributed by atoms with Crippen molar-refractivity contribution in [2.24, 2.45) is 0 Å². The first-order chi connectivity index (χ1) is 27.5. The fourth-order valence-electron chi connectivity index (χ4n) is 10.1. The Morgan fingerprint density at radius 1 is 0.456 bits per heavy atom. The van der Waals surface area contributed by atoms with Crippen molar-refractivity contribution in [1.82, 2.24) is 0 Å². The topological polar surface area (TPSA) is 3.24 Å². The minimum Gasteiger partial charge on any atom is -0.309 e. The Bertz CT molecular complexity index is 2980. The second-order valence-corrected chi connectivity index (χ2v) is 29.3. The van der Waals surface area contributed by atoms with Crippen LogP contribution in [0.3, 0.4) is 0 Å². The Hall–Kier alpha value is -5.53. The van der Waals surface area contributed by atoms with Crippen molar-refractivity contribution in [1.29, 1.82) is 0 Å². The lowest BCUT2D eigenvalue weighted by atomic mass is 9.61. The molecule has 9 aromatic rings. The molecule has 0 amide bonds. The van der Waals surface area contributed by atoms with Crippen LogP contribution in [-0.4, -0.2) is 16.1 Å². The lowest BCUT2D eigenvalue weighted by molar-refractivity contribution is 0.775. The Labute approximate surface area is 341 Å². The van der Waals surface area contributed by atoms with Gasteiger partial charge in [0, 0.05) is 26.8 Å². The molecule has 1 heterocycles. The number of hydrogen-bond donors (Lipinski definition) is 0. The number of rotatable bonds is 5. The maximum absolute atomic E-state index is 2.61. The van der Waals surface area contributed by atoms with Gasteiger partial charge in [0.25, 0.3) is 0 Å². The molecule has 0 radical (unpaired) electrons. The summed E-state index contributed by atoms with van der Waals surface area (Å²) in [7, 11) is -3.04. The van der Waals surface area contributed by atoms with Crippen LogP contribution >= 0.6 is 11.3 Å². The highest BCUT2D eigenvalue weighted by Gasteiger charge is 2.51. The third-order valence-corrected chi connectivity index (χ3v) is 18.1. The normalized spacial score (nSPS) is 13.9. The largest absolute Gasteiger partial charge is 0.309 e. The van der Waals surface area contributed by atoms with Gasteiger partial charge in [-0.2, -0.15) is 0 Å². The van der Waals surface area contributed by atoms with Crippen LogP contribution in [0.1, 0.15) is 22.3 Å². The highest BCUT2D eigenvalue weighted by Crippen LogP contribution is 2.64. The predicted octanol–water partition coefficient (Wildman–Crippen LogP) is 14.1. The Kier molecular flexibility index (Phi) is 7.45. The van der Waals surface area contributed by atoms with E-state index in [-0.39, 0.29) is 0 Å². The van der Waals surface area contributed by atoms with Crippen LogP contribution in [0.5, 0.6) is 0 Å². The minimum absolute atomic E-state index is 0.516. The molecule has 0 bridgehead atoms. The molecular weight excluding hydrogens is 739 g/mol. The average Bonchev–Trinajstić information content (AvgIpc) is 3.75. The second kappa shape index (κ2) is 12.2. The van der Waals surface area contributed by atoms with Crippen LogP contribution in [0, 0.1) is 0 Å². The summed E-state index contributed by atoms with van der Waals surface area (Å²) >= 11 is 1.94.